The van der Waals surface area contributed by atoms with Gasteiger partial charge in [0.15, 0.2) is 0 Å². The van der Waals surface area contributed by atoms with Crippen LogP contribution in [0.2, 0.25) is 0 Å². The molecule has 1 aliphatic carbocycles. The highest BCUT2D eigenvalue weighted by molar-refractivity contribution is 4.87. The molecule has 0 aromatic rings. The fourth-order valence-electron chi connectivity index (χ4n) is 3.63. The molecular weight excluding hydrogens is 206 g/mol. The summed E-state index contributed by atoms with van der Waals surface area (Å²) in [7, 11) is 0. The van der Waals surface area contributed by atoms with Gasteiger partial charge in [-0.3, -0.25) is 0 Å². The third kappa shape index (κ3) is 4.28. The van der Waals surface area contributed by atoms with Gasteiger partial charge >= 0.3 is 0 Å². The lowest BCUT2D eigenvalue weighted by Gasteiger charge is -2.43. The monoisotopic (exact) mass is 239 g/mol. The Kier molecular flexibility index (Phi) is 5.50. The second-order valence-corrected chi connectivity index (χ2v) is 7.12. The Balaban J connectivity index is 2.51. The van der Waals surface area contributed by atoms with Gasteiger partial charge in [0, 0.05) is 6.04 Å². The van der Waals surface area contributed by atoms with Crippen LogP contribution in [0.25, 0.3) is 0 Å². The summed E-state index contributed by atoms with van der Waals surface area (Å²) in [6.07, 6.45) is 5.63. The van der Waals surface area contributed by atoms with Crippen LogP contribution in [-0.4, -0.2) is 12.6 Å². The number of hydrogen-bond acceptors (Lipinski definition) is 1. The quantitative estimate of drug-likeness (QED) is 0.746. The predicted octanol–water partition coefficient (Wildman–Crippen LogP) is 4.47. The molecule has 0 aromatic carbocycles. The van der Waals surface area contributed by atoms with Gasteiger partial charge in [-0.25, -0.2) is 0 Å². The Morgan fingerprint density at radius 3 is 2.35 bits per heavy atom. The molecule has 1 aliphatic rings. The fourth-order valence-corrected chi connectivity index (χ4v) is 3.63. The molecule has 1 nitrogen and oxygen atoms in total. The summed E-state index contributed by atoms with van der Waals surface area (Å²) in [5.74, 6) is 2.78. The first-order chi connectivity index (χ1) is 7.86. The van der Waals surface area contributed by atoms with Crippen LogP contribution in [0.4, 0.5) is 0 Å². The van der Waals surface area contributed by atoms with Crippen molar-refractivity contribution in [2.75, 3.05) is 6.54 Å². The Morgan fingerprint density at radius 1 is 1.18 bits per heavy atom. The van der Waals surface area contributed by atoms with Crippen LogP contribution in [-0.2, 0) is 0 Å². The molecule has 0 aromatic heterocycles. The van der Waals surface area contributed by atoms with Gasteiger partial charge in [-0.15, -0.1) is 0 Å². The first kappa shape index (κ1) is 15.0. The Morgan fingerprint density at radius 2 is 1.82 bits per heavy atom. The van der Waals surface area contributed by atoms with E-state index >= 15 is 0 Å². The summed E-state index contributed by atoms with van der Waals surface area (Å²) in [4.78, 5) is 0. The topological polar surface area (TPSA) is 12.0 Å². The minimum absolute atomic E-state index is 0.496. The average molecular weight is 239 g/mol. The van der Waals surface area contributed by atoms with Crippen molar-refractivity contribution >= 4 is 0 Å². The van der Waals surface area contributed by atoms with E-state index in [1.165, 1.54) is 25.7 Å². The largest absolute Gasteiger partial charge is 0.315 e. The van der Waals surface area contributed by atoms with E-state index in [9.17, 15) is 0 Å². The van der Waals surface area contributed by atoms with E-state index in [2.05, 4.69) is 46.9 Å². The Bertz CT molecular complexity index is 222. The molecule has 4 unspecified atom stereocenters. The molecule has 0 bridgehead atoms. The highest BCUT2D eigenvalue weighted by Gasteiger charge is 2.35. The number of rotatable bonds is 5. The van der Waals surface area contributed by atoms with Gasteiger partial charge in [0.1, 0.15) is 0 Å². The first-order valence-electron chi connectivity index (χ1n) is 7.60. The number of nitrogens with one attached hydrogen (secondary N) is 1. The second kappa shape index (κ2) is 6.22. The fraction of sp³-hybridized carbons (Fsp3) is 1.00. The van der Waals surface area contributed by atoms with Crippen LogP contribution in [0, 0.1) is 23.2 Å². The van der Waals surface area contributed by atoms with Crippen LogP contribution in [0.5, 0.6) is 0 Å². The molecule has 17 heavy (non-hydrogen) atoms. The Hall–Kier alpha value is -0.0400. The molecule has 1 N–H and O–H groups in total. The molecule has 4 atom stereocenters. The third-order valence-corrected chi connectivity index (χ3v) is 5.09. The van der Waals surface area contributed by atoms with Crippen LogP contribution < -0.4 is 5.32 Å². The summed E-state index contributed by atoms with van der Waals surface area (Å²) in [6, 6.07) is 0.657. The van der Waals surface area contributed by atoms with Crippen molar-refractivity contribution in [3.63, 3.8) is 0 Å². The van der Waals surface area contributed by atoms with Gasteiger partial charge < -0.3 is 5.32 Å². The van der Waals surface area contributed by atoms with Gasteiger partial charge in [0.25, 0.3) is 0 Å². The molecule has 0 heterocycles. The smallest absolute Gasteiger partial charge is 0.00437 e. The predicted molar refractivity (Wildman–Crippen MR) is 77.2 cm³/mol. The van der Waals surface area contributed by atoms with Crippen molar-refractivity contribution in [3.8, 4) is 0 Å². The van der Waals surface area contributed by atoms with Crippen LogP contribution in [0.3, 0.4) is 0 Å². The van der Waals surface area contributed by atoms with Crippen molar-refractivity contribution < 1.29 is 0 Å². The summed E-state index contributed by atoms with van der Waals surface area (Å²) >= 11 is 0. The lowest BCUT2D eigenvalue weighted by molar-refractivity contribution is 0.0853. The second-order valence-electron chi connectivity index (χ2n) is 7.12. The van der Waals surface area contributed by atoms with E-state index in [4.69, 9.17) is 0 Å². The van der Waals surface area contributed by atoms with Crippen molar-refractivity contribution in [2.24, 2.45) is 23.2 Å². The zero-order valence-electron chi connectivity index (χ0n) is 12.8. The lowest BCUT2D eigenvalue weighted by atomic mass is 9.64. The highest BCUT2D eigenvalue weighted by atomic mass is 14.9. The molecule has 0 saturated heterocycles. The maximum Gasteiger partial charge on any atom is 0.00437 e. The van der Waals surface area contributed by atoms with Gasteiger partial charge in [-0.05, 0) is 55.9 Å². The van der Waals surface area contributed by atoms with E-state index < -0.39 is 0 Å². The SMILES string of the molecule is CCNC(C)CC(C)(C)C1CCC(C)C(C)C1. The molecule has 1 saturated carbocycles. The zero-order chi connectivity index (χ0) is 13.1. The molecule has 1 rings (SSSR count). The van der Waals surface area contributed by atoms with Gasteiger partial charge in [-0.1, -0.05) is 41.0 Å². The normalized spacial score (nSPS) is 32.5. The van der Waals surface area contributed by atoms with Crippen molar-refractivity contribution in [1.82, 2.24) is 5.32 Å². The summed E-state index contributed by atoms with van der Waals surface area (Å²) in [6.45, 7) is 15.5. The third-order valence-electron chi connectivity index (χ3n) is 5.09. The minimum Gasteiger partial charge on any atom is -0.315 e. The maximum atomic E-state index is 3.56. The van der Waals surface area contributed by atoms with Crippen LogP contribution in [0.15, 0.2) is 0 Å². The van der Waals surface area contributed by atoms with Gasteiger partial charge in [-0.2, -0.15) is 0 Å². The molecule has 0 amide bonds. The molecule has 1 fully saturated rings. The molecule has 0 radical (unpaired) electrons. The molecule has 102 valence electrons. The number of hydrogen-bond donors (Lipinski definition) is 1. The van der Waals surface area contributed by atoms with E-state index in [0.29, 0.717) is 11.5 Å². The van der Waals surface area contributed by atoms with Crippen LogP contribution >= 0.6 is 0 Å². The summed E-state index contributed by atoms with van der Waals surface area (Å²) in [5, 5.41) is 3.56. The minimum atomic E-state index is 0.496. The molecule has 0 spiro atoms. The van der Waals surface area contributed by atoms with Crippen molar-refractivity contribution in [3.05, 3.63) is 0 Å². The van der Waals surface area contributed by atoms with Gasteiger partial charge in [0.05, 0.1) is 0 Å². The molecule has 1 heteroatoms. The van der Waals surface area contributed by atoms with Crippen molar-refractivity contribution in [2.45, 2.75) is 73.3 Å². The molecular formula is C16H33N. The van der Waals surface area contributed by atoms with Crippen molar-refractivity contribution in [1.29, 1.82) is 0 Å². The summed E-state index contributed by atoms with van der Waals surface area (Å²) in [5.41, 5.74) is 0.496. The Labute approximate surface area is 109 Å². The maximum absolute atomic E-state index is 3.56. The standard InChI is InChI=1S/C16H33N/c1-7-17-14(4)11-16(5,6)15-9-8-12(2)13(3)10-15/h12-15,17H,7-11H2,1-6H3. The van der Waals surface area contributed by atoms with E-state index in [1.807, 2.05) is 0 Å². The van der Waals surface area contributed by atoms with Crippen LogP contribution in [0.1, 0.15) is 67.2 Å². The van der Waals surface area contributed by atoms with E-state index in [-0.39, 0.29) is 0 Å². The van der Waals surface area contributed by atoms with Gasteiger partial charge in [0.2, 0.25) is 0 Å². The summed E-state index contributed by atoms with van der Waals surface area (Å²) < 4.78 is 0. The lowest BCUT2D eigenvalue weighted by Crippen LogP contribution is -2.37. The average Bonchev–Trinajstić information content (AvgIpc) is 2.21. The highest BCUT2D eigenvalue weighted by Crippen LogP contribution is 2.44. The van der Waals surface area contributed by atoms with E-state index in [1.54, 1.807) is 0 Å². The first-order valence-corrected chi connectivity index (χ1v) is 7.60. The molecule has 0 aliphatic heterocycles. The zero-order valence-corrected chi connectivity index (χ0v) is 12.8. The van der Waals surface area contributed by atoms with E-state index in [0.717, 1.165) is 24.3 Å².